The number of alkyl halides is 3. The van der Waals surface area contributed by atoms with Gasteiger partial charge in [0.15, 0.2) is 5.50 Å². The highest BCUT2D eigenvalue weighted by atomic mass is 32.1. The Morgan fingerprint density at radius 2 is 1.88 bits per heavy atom. The second kappa shape index (κ2) is 7.95. The molecule has 6 nitrogen and oxygen atoms in total. The zero-order chi connectivity index (χ0) is 24.1. The molecule has 2 aliphatic rings. The molecular formula is C22H18F4N4O2S. The normalized spacial score (nSPS) is 19.4. The van der Waals surface area contributed by atoms with Gasteiger partial charge in [-0.2, -0.15) is 18.4 Å². The number of thiol groups is 1. The maximum absolute atomic E-state index is 14.7. The van der Waals surface area contributed by atoms with E-state index in [9.17, 15) is 27.2 Å². The zero-order valence-corrected chi connectivity index (χ0v) is 18.2. The lowest BCUT2D eigenvalue weighted by Gasteiger charge is -2.44. The SMILES string of the molecule is CNC(=O)c1ccc(N2C(S)N(c3ccc(C#N)c(C(F)(F)F)c3)C(=O)C23CCC3)cc1F. The van der Waals surface area contributed by atoms with Gasteiger partial charge in [-0.1, -0.05) is 0 Å². The van der Waals surface area contributed by atoms with Gasteiger partial charge in [0.05, 0.1) is 22.8 Å². The Bertz CT molecular complexity index is 1190. The van der Waals surface area contributed by atoms with Crippen molar-refractivity contribution in [1.82, 2.24) is 5.32 Å². The van der Waals surface area contributed by atoms with Crippen LogP contribution in [0.25, 0.3) is 0 Å². The van der Waals surface area contributed by atoms with Crippen LogP contribution in [0.3, 0.4) is 0 Å². The van der Waals surface area contributed by atoms with Crippen molar-refractivity contribution in [1.29, 1.82) is 5.26 Å². The molecule has 33 heavy (non-hydrogen) atoms. The van der Waals surface area contributed by atoms with E-state index in [2.05, 4.69) is 17.9 Å². The molecule has 4 rings (SSSR count). The van der Waals surface area contributed by atoms with Crippen molar-refractivity contribution >= 4 is 35.8 Å². The monoisotopic (exact) mass is 478 g/mol. The molecule has 1 atom stereocenters. The first-order valence-corrected chi connectivity index (χ1v) is 10.5. The Balaban J connectivity index is 1.79. The lowest BCUT2D eigenvalue weighted by Crippen LogP contribution is -2.55. The van der Waals surface area contributed by atoms with E-state index in [1.807, 2.05) is 0 Å². The van der Waals surface area contributed by atoms with Crippen LogP contribution in [0.2, 0.25) is 0 Å². The maximum Gasteiger partial charge on any atom is 0.417 e. The van der Waals surface area contributed by atoms with E-state index in [1.54, 1.807) is 4.90 Å². The third-order valence-corrected chi connectivity index (χ3v) is 6.59. The lowest BCUT2D eigenvalue weighted by atomic mass is 9.75. The van der Waals surface area contributed by atoms with Crippen molar-refractivity contribution in [2.24, 2.45) is 0 Å². The van der Waals surface area contributed by atoms with Crippen LogP contribution in [-0.2, 0) is 11.0 Å². The fraction of sp³-hybridized carbons (Fsp3) is 0.318. The van der Waals surface area contributed by atoms with Crippen LogP contribution in [0.15, 0.2) is 36.4 Å². The number of anilines is 2. The number of benzene rings is 2. The molecule has 11 heteroatoms. The van der Waals surface area contributed by atoms with E-state index in [0.717, 1.165) is 23.1 Å². The number of nitriles is 1. The number of hydrogen-bond donors (Lipinski definition) is 2. The second-order valence-electron chi connectivity index (χ2n) is 7.86. The standard InChI is InChI=1S/C22H18F4N4O2S/c1-28-18(31)15-6-5-14(10-17(15)23)30-20(33)29(19(32)21(30)7-2-8-21)13-4-3-12(11-27)16(9-13)22(24,25)26/h3-6,9-10,20,33H,2,7-8H2,1H3,(H,28,31). The molecule has 1 unspecified atom stereocenters. The number of amides is 2. The summed E-state index contributed by atoms with van der Waals surface area (Å²) in [6, 6.07) is 8.43. The molecule has 0 aromatic heterocycles. The Labute approximate surface area is 192 Å². The molecule has 172 valence electrons. The van der Waals surface area contributed by atoms with Gasteiger partial charge in [-0.05, 0) is 55.7 Å². The molecule has 1 saturated heterocycles. The Hall–Kier alpha value is -3.26. The highest BCUT2D eigenvalue weighted by molar-refractivity contribution is 7.81. The highest BCUT2D eigenvalue weighted by Gasteiger charge is 2.60. The number of nitrogens with zero attached hydrogens (tertiary/aromatic N) is 3. The van der Waals surface area contributed by atoms with Crippen LogP contribution in [0.4, 0.5) is 28.9 Å². The number of hydrogen-bond acceptors (Lipinski definition) is 5. The van der Waals surface area contributed by atoms with Gasteiger partial charge in [-0.15, -0.1) is 12.6 Å². The van der Waals surface area contributed by atoms with Gasteiger partial charge in [0.2, 0.25) is 0 Å². The van der Waals surface area contributed by atoms with E-state index in [0.29, 0.717) is 19.3 Å². The topological polar surface area (TPSA) is 76.4 Å². The van der Waals surface area contributed by atoms with Gasteiger partial charge in [0, 0.05) is 18.4 Å². The first-order chi connectivity index (χ1) is 15.5. The van der Waals surface area contributed by atoms with Gasteiger partial charge in [-0.3, -0.25) is 14.5 Å². The summed E-state index contributed by atoms with van der Waals surface area (Å²) in [7, 11) is 1.37. The average Bonchev–Trinajstić information content (AvgIpc) is 2.98. The first-order valence-electron chi connectivity index (χ1n) is 9.99. The smallest absolute Gasteiger partial charge is 0.355 e. The van der Waals surface area contributed by atoms with E-state index in [1.165, 1.54) is 31.3 Å². The zero-order valence-electron chi connectivity index (χ0n) is 17.3. The van der Waals surface area contributed by atoms with Crippen molar-refractivity contribution in [3.63, 3.8) is 0 Å². The van der Waals surface area contributed by atoms with Crippen molar-refractivity contribution in [2.75, 3.05) is 16.8 Å². The Kier molecular flexibility index (Phi) is 5.52. The van der Waals surface area contributed by atoms with Gasteiger partial charge in [0.1, 0.15) is 11.4 Å². The molecule has 1 spiro atoms. The molecule has 1 N–H and O–H groups in total. The van der Waals surface area contributed by atoms with Gasteiger partial charge in [0.25, 0.3) is 11.8 Å². The lowest BCUT2D eigenvalue weighted by molar-refractivity contribution is -0.137. The van der Waals surface area contributed by atoms with Crippen LogP contribution in [0.1, 0.15) is 40.7 Å². The average molecular weight is 478 g/mol. The molecule has 1 saturated carbocycles. The van der Waals surface area contributed by atoms with E-state index in [4.69, 9.17) is 5.26 Å². The molecule has 0 radical (unpaired) electrons. The molecule has 1 aliphatic heterocycles. The summed E-state index contributed by atoms with van der Waals surface area (Å²) in [5.74, 6) is -1.87. The molecule has 0 bridgehead atoms. The van der Waals surface area contributed by atoms with Gasteiger partial charge >= 0.3 is 6.18 Å². The third kappa shape index (κ3) is 3.49. The van der Waals surface area contributed by atoms with Crippen molar-refractivity contribution in [2.45, 2.75) is 36.5 Å². The molecular weight excluding hydrogens is 460 g/mol. The van der Waals surface area contributed by atoms with Crippen LogP contribution in [-0.4, -0.2) is 29.9 Å². The van der Waals surface area contributed by atoms with Crippen molar-refractivity contribution in [3.05, 3.63) is 58.9 Å². The number of halogens is 4. The summed E-state index contributed by atoms with van der Waals surface area (Å²) in [5.41, 5.74) is -3.79. The molecule has 2 fully saturated rings. The quantitative estimate of drug-likeness (QED) is 0.515. The minimum atomic E-state index is -4.79. The second-order valence-corrected chi connectivity index (χ2v) is 8.32. The van der Waals surface area contributed by atoms with Crippen molar-refractivity contribution < 1.29 is 27.2 Å². The predicted molar refractivity (Wildman–Crippen MR) is 115 cm³/mol. The van der Waals surface area contributed by atoms with Crippen LogP contribution < -0.4 is 15.1 Å². The van der Waals surface area contributed by atoms with Crippen LogP contribution >= 0.6 is 12.6 Å². The predicted octanol–water partition coefficient (Wildman–Crippen LogP) is 4.07. The van der Waals surface area contributed by atoms with E-state index in [-0.39, 0.29) is 16.9 Å². The summed E-state index contributed by atoms with van der Waals surface area (Å²) in [6.07, 6.45) is -3.25. The summed E-state index contributed by atoms with van der Waals surface area (Å²) in [4.78, 5) is 28.0. The summed E-state index contributed by atoms with van der Waals surface area (Å²) in [6.45, 7) is 0. The molecule has 2 aromatic rings. The number of carbonyl (C=O) groups is 2. The van der Waals surface area contributed by atoms with E-state index >= 15 is 0 Å². The fourth-order valence-corrected chi connectivity index (χ4v) is 4.95. The molecule has 2 aromatic carbocycles. The Morgan fingerprint density at radius 3 is 2.39 bits per heavy atom. The minimum Gasteiger partial charge on any atom is -0.355 e. The summed E-state index contributed by atoms with van der Waals surface area (Å²) < 4.78 is 55.1. The first kappa shape index (κ1) is 22.9. The Morgan fingerprint density at radius 1 is 1.21 bits per heavy atom. The van der Waals surface area contributed by atoms with Gasteiger partial charge < -0.3 is 10.2 Å². The highest BCUT2D eigenvalue weighted by Crippen LogP contribution is 2.50. The van der Waals surface area contributed by atoms with Gasteiger partial charge in [-0.25, -0.2) is 4.39 Å². The minimum absolute atomic E-state index is 0.0671. The third-order valence-electron chi connectivity index (χ3n) is 6.13. The van der Waals surface area contributed by atoms with Crippen LogP contribution in [0, 0.1) is 17.1 Å². The largest absolute Gasteiger partial charge is 0.417 e. The maximum atomic E-state index is 14.7. The molecule has 1 heterocycles. The van der Waals surface area contributed by atoms with E-state index < -0.39 is 46.0 Å². The number of nitrogens with one attached hydrogen (secondary N) is 1. The van der Waals surface area contributed by atoms with Crippen molar-refractivity contribution in [3.8, 4) is 6.07 Å². The molecule has 2 amide bonds. The van der Waals surface area contributed by atoms with Crippen LogP contribution in [0.5, 0.6) is 0 Å². The fourth-order valence-electron chi connectivity index (χ4n) is 4.35. The number of rotatable bonds is 3. The summed E-state index contributed by atoms with van der Waals surface area (Å²) in [5, 5.41) is 11.4. The number of carbonyl (C=O) groups excluding carboxylic acids is 2. The molecule has 1 aliphatic carbocycles. The summed E-state index contributed by atoms with van der Waals surface area (Å²) >= 11 is 4.52.